The van der Waals surface area contributed by atoms with Crippen molar-refractivity contribution >= 4 is 17.8 Å². The van der Waals surface area contributed by atoms with E-state index in [1.54, 1.807) is 81.5 Å². The van der Waals surface area contributed by atoms with Gasteiger partial charge in [-0.3, -0.25) is 14.4 Å². The lowest BCUT2D eigenvalue weighted by Gasteiger charge is -2.45. The first-order chi connectivity index (χ1) is 34.5. The largest absolute Gasteiger partial charge is 0.481 e. The number of carboxylic acids is 1. The Hall–Kier alpha value is -4.28. The maximum Gasteiger partial charge on any atom is 0.463 e. The zero-order valence-electron chi connectivity index (χ0n) is 41.3. The lowest BCUT2D eigenvalue weighted by atomic mass is 9.82. The lowest BCUT2D eigenvalue weighted by Crippen LogP contribution is -2.66. The number of carbonyl (C=O) groups is 3. The second-order valence-corrected chi connectivity index (χ2v) is 19.1. The molecule has 0 spiro atoms. The average Bonchev–Trinajstić information content (AvgIpc) is 3.29. The number of ether oxygens (including phenoxy) is 4. The fourth-order valence-electron chi connectivity index (χ4n) is 8.48. The summed E-state index contributed by atoms with van der Waals surface area (Å²) in [4.78, 5) is 37.3. The van der Waals surface area contributed by atoms with Crippen LogP contribution in [0.25, 0.3) is 0 Å². The standard InChI is InChI=1S/C50H72F5NO18/c1-27-17-15-13-11-9-7-5-6-8-10-12-14-16-18-34(73-46-44(66)41(43(65)30(4)72-46)56-47(69)49(51,52)50(53,54)55)24-38-40(45(67)68)37(62)26-48(70,74-38)25-33(59)22-36(61)35(60)20-19-31(57)21-32(58)23-39(63)71-29(3)28(2)42(27)64/h5-18,27-38,40-44,46,57-62,64-66,70H,19-26H2,1-4H3,(H,56,69)(H,67,68)/b6-5+,9-7+,10-8+,13-11+,14-12+,17-15-,18-16+/t27-,28-,29-,30+,31+,32+,33-,34-,35+,36+,37-,38-,40+,41-,42+,43+,44-,46-,48+/m0/s1. The van der Waals surface area contributed by atoms with E-state index >= 15 is 0 Å². The molecule has 0 aromatic heterocycles. The maximum atomic E-state index is 13.9. The van der Waals surface area contributed by atoms with Gasteiger partial charge in [-0.25, -0.2) is 0 Å². The molecule has 12 N–H and O–H groups in total. The third kappa shape index (κ3) is 19.7. The molecule has 0 saturated carbocycles. The molecule has 3 heterocycles. The summed E-state index contributed by atoms with van der Waals surface area (Å²) >= 11 is 0. The van der Waals surface area contributed by atoms with Crippen LogP contribution in [0.4, 0.5) is 22.0 Å². The molecule has 420 valence electrons. The minimum absolute atomic E-state index is 0.193. The molecule has 3 aliphatic heterocycles. The van der Waals surface area contributed by atoms with Crippen LogP contribution in [0.3, 0.4) is 0 Å². The summed E-state index contributed by atoms with van der Waals surface area (Å²) in [6.45, 7) is 6.20. The topological polar surface area (TPSA) is 323 Å². The number of nitrogens with one attached hydrogen (secondary N) is 1. The van der Waals surface area contributed by atoms with E-state index in [0.717, 1.165) is 6.92 Å². The Morgan fingerprint density at radius 1 is 0.662 bits per heavy atom. The van der Waals surface area contributed by atoms with Crippen molar-refractivity contribution in [2.45, 2.75) is 189 Å². The first-order valence-corrected chi connectivity index (χ1v) is 24.2. The highest BCUT2D eigenvalue weighted by atomic mass is 19.4. The molecule has 0 aromatic carbocycles. The number of hydrogen-bond acceptors (Lipinski definition) is 17. The third-order valence-corrected chi connectivity index (χ3v) is 12.9. The van der Waals surface area contributed by atoms with E-state index in [-0.39, 0.29) is 25.2 Å². The summed E-state index contributed by atoms with van der Waals surface area (Å²) < 4.78 is 89.6. The van der Waals surface area contributed by atoms with E-state index < -0.39 is 171 Å². The minimum atomic E-state index is -6.35. The normalized spacial score (nSPS) is 41.8. The molecular formula is C50H72F5NO18. The molecule has 3 rings (SSSR count). The summed E-state index contributed by atoms with van der Waals surface area (Å²) in [6, 6.07) is -2.24. The Morgan fingerprint density at radius 2 is 1.22 bits per heavy atom. The molecule has 2 bridgehead atoms. The number of alkyl halides is 5. The smallest absolute Gasteiger partial charge is 0.463 e. The van der Waals surface area contributed by atoms with Crippen LogP contribution in [-0.4, -0.2) is 184 Å². The molecule has 0 aliphatic carbocycles. The van der Waals surface area contributed by atoms with Crippen LogP contribution in [0.1, 0.15) is 79.1 Å². The van der Waals surface area contributed by atoms with E-state index in [1.807, 2.05) is 0 Å². The number of esters is 1. The van der Waals surface area contributed by atoms with Crippen molar-refractivity contribution in [3.63, 3.8) is 0 Å². The molecule has 74 heavy (non-hydrogen) atoms. The molecule has 24 heteroatoms. The van der Waals surface area contributed by atoms with E-state index in [9.17, 15) is 92.5 Å². The van der Waals surface area contributed by atoms with Gasteiger partial charge in [0, 0.05) is 37.5 Å². The summed E-state index contributed by atoms with van der Waals surface area (Å²) in [6.07, 6.45) is -10.4. The zero-order chi connectivity index (χ0) is 55.7. The van der Waals surface area contributed by atoms with Crippen molar-refractivity contribution in [1.29, 1.82) is 0 Å². The molecule has 2 fully saturated rings. The summed E-state index contributed by atoms with van der Waals surface area (Å²) in [5.74, 6) is -16.5. The summed E-state index contributed by atoms with van der Waals surface area (Å²) in [5.41, 5.74) is 0. The van der Waals surface area contributed by atoms with Gasteiger partial charge in [0.05, 0.1) is 73.5 Å². The van der Waals surface area contributed by atoms with Crippen LogP contribution in [0.2, 0.25) is 0 Å². The van der Waals surface area contributed by atoms with Gasteiger partial charge in [-0.05, 0) is 33.1 Å². The number of halogens is 5. The molecule has 2 saturated heterocycles. The van der Waals surface area contributed by atoms with Crippen molar-refractivity contribution in [2.24, 2.45) is 17.8 Å². The number of aliphatic hydroxyl groups is 10. The Bertz CT molecular complexity index is 2000. The van der Waals surface area contributed by atoms with Gasteiger partial charge >= 0.3 is 29.9 Å². The van der Waals surface area contributed by atoms with E-state index in [0.29, 0.717) is 0 Å². The van der Waals surface area contributed by atoms with Crippen molar-refractivity contribution in [2.75, 3.05) is 0 Å². The van der Waals surface area contributed by atoms with Gasteiger partial charge < -0.3 is 80.4 Å². The van der Waals surface area contributed by atoms with E-state index in [1.165, 1.54) is 29.6 Å². The Kier molecular flexibility index (Phi) is 25.3. The Morgan fingerprint density at radius 3 is 1.77 bits per heavy atom. The summed E-state index contributed by atoms with van der Waals surface area (Å²) in [7, 11) is 0. The van der Waals surface area contributed by atoms with E-state index in [2.05, 4.69) is 0 Å². The monoisotopic (exact) mass is 1070 g/mol. The van der Waals surface area contributed by atoms with E-state index in [4.69, 9.17) is 18.9 Å². The van der Waals surface area contributed by atoms with Gasteiger partial charge in [-0.15, -0.1) is 0 Å². The number of rotatable bonds is 5. The number of cyclic esters (lactones) is 1. The van der Waals surface area contributed by atoms with Crippen LogP contribution in [0.5, 0.6) is 0 Å². The SMILES string of the molecule is C[C@@H]1[C@H](O)[C@@H](C)\C=C/C=C/C=C/C=C/C=C/C=C/C=C/[C@H](O[C@@H]2O[C@H](C)[C@@H](O)[C@H](NC(=O)C(F)(F)C(F)(F)F)[C@@H]2O)C[C@@H]2O[C@](O)(C[C@@H](O)C[C@@H](O)[C@H](O)CC[C@@H](O)C[C@@H](O)CC(=O)O[C@H]1C)C[C@H](O)[C@H]2C(=O)O. The van der Waals surface area contributed by atoms with Crippen molar-refractivity contribution in [1.82, 2.24) is 5.32 Å². The highest BCUT2D eigenvalue weighted by Gasteiger charge is 2.64. The van der Waals surface area contributed by atoms with Crippen molar-refractivity contribution in [3.8, 4) is 0 Å². The number of hydrogen-bond donors (Lipinski definition) is 12. The molecule has 19 atom stereocenters. The van der Waals surface area contributed by atoms with Gasteiger partial charge in [0.15, 0.2) is 12.1 Å². The second-order valence-electron chi connectivity index (χ2n) is 19.1. The number of carboxylic acid groups (broad SMARTS) is 1. The highest BCUT2D eigenvalue weighted by Crippen LogP contribution is 2.39. The fraction of sp³-hybridized carbons (Fsp3) is 0.660. The predicted octanol–water partition coefficient (Wildman–Crippen LogP) is 2.07. The molecule has 0 unspecified atom stereocenters. The molecule has 0 aromatic rings. The summed E-state index contributed by atoms with van der Waals surface area (Å²) in [5, 5.41) is 120. The fourth-order valence-corrected chi connectivity index (χ4v) is 8.48. The van der Waals surface area contributed by atoms with Crippen LogP contribution >= 0.6 is 0 Å². The number of amides is 1. The molecular weight excluding hydrogens is 998 g/mol. The minimum Gasteiger partial charge on any atom is -0.481 e. The quantitative estimate of drug-likeness (QED) is 0.139. The van der Waals surface area contributed by atoms with Crippen LogP contribution < -0.4 is 5.32 Å². The zero-order valence-corrected chi connectivity index (χ0v) is 41.3. The molecule has 3 aliphatic rings. The van der Waals surface area contributed by atoms with Crippen molar-refractivity contribution in [3.05, 3.63) is 85.1 Å². The van der Waals surface area contributed by atoms with Gasteiger partial charge in [-0.1, -0.05) is 98.9 Å². The Balaban J connectivity index is 1.95. The second kappa shape index (κ2) is 29.3. The number of aliphatic carboxylic acids is 1. The average molecular weight is 1070 g/mol. The number of aliphatic hydroxyl groups excluding tert-OH is 9. The van der Waals surface area contributed by atoms with Crippen LogP contribution in [0.15, 0.2) is 85.1 Å². The van der Waals surface area contributed by atoms with Gasteiger partial charge in [0.2, 0.25) is 0 Å². The highest BCUT2D eigenvalue weighted by molar-refractivity contribution is 5.84. The third-order valence-electron chi connectivity index (χ3n) is 12.9. The first kappa shape index (κ1) is 64.0. The predicted molar refractivity (Wildman–Crippen MR) is 252 cm³/mol. The molecule has 0 radical (unpaired) electrons. The van der Waals surface area contributed by atoms with Crippen molar-refractivity contribution < 1.29 is 111 Å². The molecule has 1 amide bonds. The van der Waals surface area contributed by atoms with Gasteiger partial charge in [-0.2, -0.15) is 22.0 Å². The number of carbonyl (C=O) groups excluding carboxylic acids is 2. The van der Waals surface area contributed by atoms with Gasteiger partial charge in [0.25, 0.3) is 0 Å². The Labute approximate surface area is 425 Å². The number of fused-ring (bicyclic) bond motifs is 2. The lowest BCUT2D eigenvalue weighted by molar-refractivity contribution is -0.309. The first-order valence-electron chi connectivity index (χ1n) is 24.2. The number of allylic oxidation sites excluding steroid dienone is 12. The maximum absolute atomic E-state index is 13.9. The van der Waals surface area contributed by atoms with Crippen LogP contribution in [0, 0.1) is 17.8 Å². The van der Waals surface area contributed by atoms with Crippen LogP contribution in [-0.2, 0) is 33.3 Å². The van der Waals surface area contributed by atoms with Gasteiger partial charge in [0.1, 0.15) is 24.2 Å². The molecule has 19 nitrogen and oxygen atoms in total.